The third-order valence-corrected chi connectivity index (χ3v) is 5.66. The van der Waals surface area contributed by atoms with E-state index < -0.39 is 0 Å². The van der Waals surface area contributed by atoms with Gasteiger partial charge in [-0.3, -0.25) is 9.58 Å². The molecule has 0 aromatic carbocycles. The molecule has 1 aromatic rings. The van der Waals surface area contributed by atoms with Gasteiger partial charge in [0.25, 0.3) is 0 Å². The Morgan fingerprint density at radius 2 is 2.12 bits per heavy atom. The third kappa shape index (κ3) is 5.55. The van der Waals surface area contributed by atoms with Crippen LogP contribution in [0.3, 0.4) is 0 Å². The molecule has 2 fully saturated rings. The summed E-state index contributed by atoms with van der Waals surface area (Å²) in [5, 5.41) is 19.1. The molecule has 3 atom stereocenters. The van der Waals surface area contributed by atoms with E-state index >= 15 is 0 Å². The number of nitrogens with one attached hydrogen (secondary N) is 1. The Morgan fingerprint density at radius 3 is 2.76 bits per heavy atom. The summed E-state index contributed by atoms with van der Waals surface area (Å²) in [6.07, 6.45) is 9.77. The van der Waals surface area contributed by atoms with Crippen molar-refractivity contribution in [1.82, 2.24) is 20.0 Å². The molecule has 25 heavy (non-hydrogen) atoms. The maximum Gasteiger partial charge on any atom is 0.0785 e. The molecule has 2 aliphatic rings. The van der Waals surface area contributed by atoms with Crippen LogP contribution in [-0.4, -0.2) is 57.6 Å². The fourth-order valence-corrected chi connectivity index (χ4v) is 4.20. The minimum atomic E-state index is -0.250. The van der Waals surface area contributed by atoms with Gasteiger partial charge in [-0.05, 0) is 58.5 Å². The normalized spacial score (nSPS) is 28.4. The fourth-order valence-electron chi connectivity index (χ4n) is 4.05. The smallest absolute Gasteiger partial charge is 0.0785 e. The van der Waals surface area contributed by atoms with Crippen molar-refractivity contribution < 1.29 is 5.11 Å². The summed E-state index contributed by atoms with van der Waals surface area (Å²) in [6, 6.07) is 0.742. The molecule has 0 radical (unpaired) electrons. The van der Waals surface area contributed by atoms with E-state index in [0.717, 1.165) is 39.0 Å². The lowest BCUT2D eigenvalue weighted by Crippen LogP contribution is -2.48. The standard InChI is InChI=1S/C19H31ClN4O/c1-14(2)3-6-23-7-4-17(5-8-23)22-18-9-15(10-19(18)25)12-24-13-16(20)11-21-24/h3,11,13,15,17-19,22,25H,4-10,12H2,1-2H3/t15?,18-,19-/m1/s1. The van der Waals surface area contributed by atoms with Crippen LogP contribution >= 0.6 is 11.6 Å². The van der Waals surface area contributed by atoms with Gasteiger partial charge in [0.1, 0.15) is 0 Å². The highest BCUT2D eigenvalue weighted by molar-refractivity contribution is 6.30. The molecule has 2 N–H and O–H groups in total. The average molecular weight is 367 g/mol. The van der Waals surface area contributed by atoms with Crippen molar-refractivity contribution in [3.63, 3.8) is 0 Å². The summed E-state index contributed by atoms with van der Waals surface area (Å²) in [4.78, 5) is 2.51. The Kier molecular flexibility index (Phi) is 6.55. The van der Waals surface area contributed by atoms with Gasteiger partial charge in [0.05, 0.1) is 17.3 Å². The molecule has 1 saturated carbocycles. The predicted octanol–water partition coefficient (Wildman–Crippen LogP) is 2.70. The van der Waals surface area contributed by atoms with Crippen molar-refractivity contribution in [3.8, 4) is 0 Å². The number of rotatable bonds is 6. The summed E-state index contributed by atoms with van der Waals surface area (Å²) >= 11 is 5.93. The van der Waals surface area contributed by atoms with Gasteiger partial charge in [-0.15, -0.1) is 0 Å². The molecular formula is C19H31ClN4O. The Labute approximate surface area is 156 Å². The quantitative estimate of drug-likeness (QED) is 0.760. The zero-order chi connectivity index (χ0) is 17.8. The van der Waals surface area contributed by atoms with Gasteiger partial charge in [0, 0.05) is 31.4 Å². The summed E-state index contributed by atoms with van der Waals surface area (Å²) in [5.74, 6) is 0.459. The van der Waals surface area contributed by atoms with Crippen molar-refractivity contribution in [2.24, 2.45) is 5.92 Å². The van der Waals surface area contributed by atoms with Crippen LogP contribution in [-0.2, 0) is 6.54 Å². The maximum atomic E-state index is 10.4. The summed E-state index contributed by atoms with van der Waals surface area (Å²) < 4.78 is 1.89. The number of allylic oxidation sites excluding steroid dienone is 1. The molecule has 0 amide bonds. The lowest BCUT2D eigenvalue weighted by Gasteiger charge is -2.34. The lowest BCUT2D eigenvalue weighted by molar-refractivity contribution is 0.127. The van der Waals surface area contributed by atoms with E-state index in [1.54, 1.807) is 6.20 Å². The van der Waals surface area contributed by atoms with Crippen LogP contribution in [0.15, 0.2) is 24.0 Å². The second kappa shape index (κ2) is 8.67. The van der Waals surface area contributed by atoms with E-state index in [-0.39, 0.29) is 12.1 Å². The largest absolute Gasteiger partial charge is 0.391 e. The molecule has 1 aromatic heterocycles. The zero-order valence-electron chi connectivity index (χ0n) is 15.4. The van der Waals surface area contributed by atoms with Crippen LogP contribution in [0.4, 0.5) is 0 Å². The van der Waals surface area contributed by atoms with E-state index in [9.17, 15) is 5.11 Å². The van der Waals surface area contributed by atoms with Crippen LogP contribution in [0.25, 0.3) is 0 Å². The number of aliphatic hydroxyl groups excluding tert-OH is 1. The minimum Gasteiger partial charge on any atom is -0.391 e. The van der Waals surface area contributed by atoms with Crippen LogP contribution in [0, 0.1) is 5.92 Å². The monoisotopic (exact) mass is 366 g/mol. The van der Waals surface area contributed by atoms with Gasteiger partial charge in [-0.1, -0.05) is 23.3 Å². The minimum absolute atomic E-state index is 0.213. The number of likely N-dealkylation sites (tertiary alicyclic amines) is 1. The molecule has 0 bridgehead atoms. The third-order valence-electron chi connectivity index (χ3n) is 5.47. The van der Waals surface area contributed by atoms with Crippen molar-refractivity contribution in [1.29, 1.82) is 0 Å². The van der Waals surface area contributed by atoms with E-state index in [1.165, 1.54) is 18.4 Å². The summed E-state index contributed by atoms with van der Waals surface area (Å²) in [6.45, 7) is 8.49. The lowest BCUT2D eigenvalue weighted by atomic mass is 10.0. The second-order valence-corrected chi connectivity index (χ2v) is 8.35. The Bertz CT molecular complexity index is 576. The number of aromatic nitrogens is 2. The first-order chi connectivity index (χ1) is 12.0. The maximum absolute atomic E-state index is 10.4. The number of hydrogen-bond acceptors (Lipinski definition) is 4. The van der Waals surface area contributed by atoms with Crippen molar-refractivity contribution >= 4 is 11.6 Å². The van der Waals surface area contributed by atoms with Gasteiger partial charge in [-0.2, -0.15) is 5.10 Å². The van der Waals surface area contributed by atoms with E-state index in [1.807, 2.05) is 10.9 Å². The van der Waals surface area contributed by atoms with Gasteiger partial charge in [0.2, 0.25) is 0 Å². The van der Waals surface area contributed by atoms with Crippen LogP contribution in [0.5, 0.6) is 0 Å². The molecule has 1 aliphatic carbocycles. The van der Waals surface area contributed by atoms with Gasteiger partial charge in [-0.25, -0.2) is 0 Å². The number of piperidine rings is 1. The van der Waals surface area contributed by atoms with Crippen LogP contribution < -0.4 is 5.32 Å². The highest BCUT2D eigenvalue weighted by Gasteiger charge is 2.34. The van der Waals surface area contributed by atoms with Crippen molar-refractivity contribution in [2.45, 2.75) is 64.3 Å². The molecule has 1 unspecified atom stereocenters. The first kappa shape index (κ1) is 18.9. The molecule has 6 heteroatoms. The van der Waals surface area contributed by atoms with Gasteiger partial charge >= 0.3 is 0 Å². The molecule has 140 valence electrons. The Balaban J connectivity index is 1.42. The zero-order valence-corrected chi connectivity index (χ0v) is 16.1. The van der Waals surface area contributed by atoms with Crippen LogP contribution in [0.1, 0.15) is 39.5 Å². The summed E-state index contributed by atoms with van der Waals surface area (Å²) in [7, 11) is 0. The van der Waals surface area contributed by atoms with Crippen molar-refractivity contribution in [3.05, 3.63) is 29.1 Å². The fraction of sp³-hybridized carbons (Fsp3) is 0.737. The molecule has 3 rings (SSSR count). The predicted molar refractivity (Wildman–Crippen MR) is 102 cm³/mol. The van der Waals surface area contributed by atoms with E-state index in [0.29, 0.717) is 17.0 Å². The number of aliphatic hydroxyl groups is 1. The molecular weight excluding hydrogens is 336 g/mol. The molecule has 2 heterocycles. The molecule has 0 spiro atoms. The first-order valence-corrected chi connectivity index (χ1v) is 9.85. The molecule has 1 aliphatic heterocycles. The SMILES string of the molecule is CC(C)=CCN1CCC(N[C@@H]2CC(Cn3cc(Cl)cn3)C[C@H]2O)CC1. The Hall–Kier alpha value is -0.880. The molecule has 5 nitrogen and oxygen atoms in total. The highest BCUT2D eigenvalue weighted by atomic mass is 35.5. The second-order valence-electron chi connectivity index (χ2n) is 7.91. The van der Waals surface area contributed by atoms with E-state index in [2.05, 4.69) is 35.2 Å². The average Bonchev–Trinajstić information content (AvgIpc) is 3.12. The topological polar surface area (TPSA) is 53.3 Å². The summed E-state index contributed by atoms with van der Waals surface area (Å²) in [5.41, 5.74) is 1.39. The first-order valence-electron chi connectivity index (χ1n) is 9.47. The number of hydrogen-bond donors (Lipinski definition) is 2. The highest BCUT2D eigenvalue weighted by Crippen LogP contribution is 2.29. The number of nitrogens with zero attached hydrogens (tertiary/aromatic N) is 3. The van der Waals surface area contributed by atoms with E-state index in [4.69, 9.17) is 11.6 Å². The van der Waals surface area contributed by atoms with Crippen LogP contribution in [0.2, 0.25) is 5.02 Å². The molecule has 1 saturated heterocycles. The Morgan fingerprint density at radius 1 is 1.36 bits per heavy atom. The number of halogens is 1. The van der Waals surface area contributed by atoms with Gasteiger partial charge < -0.3 is 10.4 Å². The van der Waals surface area contributed by atoms with Gasteiger partial charge in [0.15, 0.2) is 0 Å². The van der Waals surface area contributed by atoms with Crippen molar-refractivity contribution in [2.75, 3.05) is 19.6 Å².